The zero-order chi connectivity index (χ0) is 10.8. The van der Waals surface area contributed by atoms with Crippen LogP contribution in [0.1, 0.15) is 17.7 Å². The Hall–Kier alpha value is -1.35. The highest BCUT2D eigenvalue weighted by Crippen LogP contribution is 2.25. The van der Waals surface area contributed by atoms with E-state index < -0.39 is 0 Å². The number of rotatable bonds is 2. The Labute approximate surface area is 99.4 Å². The number of nitrogens with one attached hydrogen (secondary N) is 1. The third-order valence-corrected chi connectivity index (χ3v) is 3.65. The Morgan fingerprint density at radius 3 is 3.44 bits per heavy atom. The van der Waals surface area contributed by atoms with Crippen LogP contribution in [0.25, 0.3) is 0 Å². The van der Waals surface area contributed by atoms with Crippen LogP contribution in [0.3, 0.4) is 0 Å². The monoisotopic (exact) mass is 229 g/mol. The van der Waals surface area contributed by atoms with Crippen LogP contribution in [0.4, 0.5) is 5.69 Å². The first-order valence-electron chi connectivity index (χ1n) is 5.54. The lowest BCUT2D eigenvalue weighted by Crippen LogP contribution is -2.27. The number of thiazole rings is 1. The lowest BCUT2D eigenvalue weighted by Gasteiger charge is -2.26. The molecular weight excluding hydrogens is 216 g/mol. The zero-order valence-electron chi connectivity index (χ0n) is 8.94. The molecule has 0 spiro atoms. The van der Waals surface area contributed by atoms with Crippen molar-refractivity contribution in [2.75, 3.05) is 5.32 Å². The first-order valence-corrected chi connectivity index (χ1v) is 6.49. The van der Waals surface area contributed by atoms with Crippen molar-refractivity contribution in [2.45, 2.75) is 25.3 Å². The number of nitrogens with zero attached hydrogens (tertiary/aromatic N) is 1. The van der Waals surface area contributed by atoms with Gasteiger partial charge < -0.3 is 5.32 Å². The van der Waals surface area contributed by atoms with Gasteiger partial charge in [-0.05, 0) is 30.5 Å². The summed E-state index contributed by atoms with van der Waals surface area (Å²) in [6, 6.07) is 9.83. The topological polar surface area (TPSA) is 24.9 Å². The molecule has 1 N–H and O–H groups in total. The Bertz CT molecular complexity index is 465. The quantitative estimate of drug-likeness (QED) is 0.856. The van der Waals surface area contributed by atoms with E-state index in [0.717, 1.165) is 12.8 Å². The second-order valence-corrected chi connectivity index (χ2v) is 4.87. The minimum atomic E-state index is 0.519. The summed E-state index contributed by atoms with van der Waals surface area (Å²) in [7, 11) is 0. The number of fused-ring (bicyclic) bond motifs is 1. The van der Waals surface area contributed by atoms with E-state index in [4.69, 9.17) is 0 Å². The van der Waals surface area contributed by atoms with Gasteiger partial charge in [-0.1, -0.05) is 12.1 Å². The molecule has 1 aliphatic rings. The van der Waals surface area contributed by atoms with Crippen molar-refractivity contribution in [2.24, 2.45) is 0 Å². The molecule has 0 bridgehead atoms. The van der Waals surface area contributed by atoms with Crippen LogP contribution < -0.4 is 5.32 Å². The van der Waals surface area contributed by atoms with Gasteiger partial charge in [0.1, 0.15) is 0 Å². The third-order valence-electron chi connectivity index (χ3n) is 3.02. The number of anilines is 1. The lowest BCUT2D eigenvalue weighted by molar-refractivity contribution is 0.622. The van der Waals surface area contributed by atoms with Crippen molar-refractivity contribution < 1.29 is 0 Å². The highest BCUT2D eigenvalue weighted by atomic mass is 32.1. The van der Waals surface area contributed by atoms with Gasteiger partial charge in [0.05, 0.1) is 11.2 Å². The van der Waals surface area contributed by atoms with Gasteiger partial charge in [-0.2, -0.15) is 0 Å². The average Bonchev–Trinajstić information content (AvgIpc) is 2.82. The maximum absolute atomic E-state index is 4.34. The number of benzene rings is 1. The SMILES string of the molecule is [c]1ccc2c(c1)NC(Cc1cscn1)CC2. The van der Waals surface area contributed by atoms with Crippen molar-refractivity contribution in [1.82, 2.24) is 4.98 Å². The Morgan fingerprint density at radius 2 is 2.56 bits per heavy atom. The molecule has 0 saturated heterocycles. The molecular formula is C13H13N2S. The first kappa shape index (κ1) is 9.85. The highest BCUT2D eigenvalue weighted by molar-refractivity contribution is 7.07. The van der Waals surface area contributed by atoms with Crippen LogP contribution in [0.15, 0.2) is 29.1 Å². The van der Waals surface area contributed by atoms with Crippen LogP contribution in [0, 0.1) is 6.07 Å². The van der Waals surface area contributed by atoms with Crippen LogP contribution in [0.2, 0.25) is 0 Å². The fourth-order valence-corrected chi connectivity index (χ4v) is 2.75. The molecule has 2 aromatic rings. The molecule has 0 fully saturated rings. The largest absolute Gasteiger partial charge is 0.382 e. The van der Waals surface area contributed by atoms with E-state index in [0.29, 0.717) is 6.04 Å². The molecule has 1 unspecified atom stereocenters. The number of aromatic nitrogens is 1. The minimum absolute atomic E-state index is 0.519. The molecule has 1 atom stereocenters. The molecule has 16 heavy (non-hydrogen) atoms. The van der Waals surface area contributed by atoms with Gasteiger partial charge in [0, 0.05) is 23.5 Å². The van der Waals surface area contributed by atoms with Gasteiger partial charge in [0.2, 0.25) is 0 Å². The van der Waals surface area contributed by atoms with E-state index >= 15 is 0 Å². The predicted octanol–water partition coefficient (Wildman–Crippen LogP) is 2.91. The minimum Gasteiger partial charge on any atom is -0.382 e. The van der Waals surface area contributed by atoms with Crippen molar-refractivity contribution in [3.63, 3.8) is 0 Å². The molecule has 1 aromatic carbocycles. The fourth-order valence-electron chi connectivity index (χ4n) is 2.18. The molecule has 3 rings (SSSR count). The standard InChI is InChI=1S/C13H13N2S/c1-2-4-13-10(3-1)5-6-11(15-13)7-12-8-16-9-14-12/h1,3-4,8-9,11,15H,5-7H2. The maximum Gasteiger partial charge on any atom is 0.0794 e. The van der Waals surface area contributed by atoms with Gasteiger partial charge >= 0.3 is 0 Å². The van der Waals surface area contributed by atoms with Gasteiger partial charge in [0.25, 0.3) is 0 Å². The Kier molecular flexibility index (Phi) is 2.62. The molecule has 1 aliphatic heterocycles. The van der Waals surface area contributed by atoms with E-state index in [2.05, 4.69) is 27.8 Å². The van der Waals surface area contributed by atoms with E-state index in [-0.39, 0.29) is 0 Å². The molecule has 2 nitrogen and oxygen atoms in total. The average molecular weight is 229 g/mol. The van der Waals surface area contributed by atoms with E-state index in [1.807, 2.05) is 17.6 Å². The normalized spacial score (nSPS) is 18.9. The van der Waals surface area contributed by atoms with Crippen LogP contribution in [-0.2, 0) is 12.8 Å². The lowest BCUT2D eigenvalue weighted by atomic mass is 9.96. The molecule has 0 amide bonds. The van der Waals surface area contributed by atoms with Crippen molar-refractivity contribution in [3.05, 3.63) is 46.4 Å². The summed E-state index contributed by atoms with van der Waals surface area (Å²) in [4.78, 5) is 4.34. The molecule has 2 heterocycles. The van der Waals surface area contributed by atoms with E-state index in [1.165, 1.54) is 23.4 Å². The zero-order valence-corrected chi connectivity index (χ0v) is 9.76. The smallest absolute Gasteiger partial charge is 0.0794 e. The summed E-state index contributed by atoms with van der Waals surface area (Å²) in [6.45, 7) is 0. The van der Waals surface area contributed by atoms with Crippen molar-refractivity contribution in [3.8, 4) is 0 Å². The van der Waals surface area contributed by atoms with Crippen LogP contribution in [0.5, 0.6) is 0 Å². The highest BCUT2D eigenvalue weighted by Gasteiger charge is 2.17. The van der Waals surface area contributed by atoms with Crippen molar-refractivity contribution >= 4 is 17.0 Å². The maximum atomic E-state index is 4.34. The number of hydrogen-bond acceptors (Lipinski definition) is 3. The predicted molar refractivity (Wildman–Crippen MR) is 66.8 cm³/mol. The number of hydrogen-bond donors (Lipinski definition) is 1. The molecule has 1 radical (unpaired) electrons. The molecule has 81 valence electrons. The molecule has 3 heteroatoms. The van der Waals surface area contributed by atoms with E-state index in [1.54, 1.807) is 11.3 Å². The van der Waals surface area contributed by atoms with Gasteiger partial charge in [-0.3, -0.25) is 0 Å². The van der Waals surface area contributed by atoms with Crippen molar-refractivity contribution in [1.29, 1.82) is 0 Å². The summed E-state index contributed by atoms with van der Waals surface area (Å²) in [5.74, 6) is 0. The fraction of sp³-hybridized carbons (Fsp3) is 0.308. The third kappa shape index (κ3) is 1.95. The second-order valence-electron chi connectivity index (χ2n) is 4.15. The molecule has 1 aromatic heterocycles. The summed E-state index contributed by atoms with van der Waals surface area (Å²) in [5, 5.41) is 5.70. The van der Waals surface area contributed by atoms with Gasteiger partial charge in [-0.15, -0.1) is 11.3 Å². The summed E-state index contributed by atoms with van der Waals surface area (Å²) in [5.41, 5.74) is 5.76. The number of aryl methyl sites for hydroxylation is 1. The Morgan fingerprint density at radius 1 is 1.56 bits per heavy atom. The summed E-state index contributed by atoms with van der Waals surface area (Å²) < 4.78 is 0. The first-order chi connectivity index (χ1) is 7.92. The van der Waals surface area contributed by atoms with Gasteiger partial charge in [-0.25, -0.2) is 4.98 Å². The Balaban J connectivity index is 1.73. The summed E-state index contributed by atoms with van der Waals surface area (Å²) >= 11 is 1.67. The molecule has 0 saturated carbocycles. The van der Waals surface area contributed by atoms with E-state index in [9.17, 15) is 0 Å². The molecule has 0 aliphatic carbocycles. The second kappa shape index (κ2) is 4.26. The van der Waals surface area contributed by atoms with Crippen LogP contribution in [-0.4, -0.2) is 11.0 Å². The summed E-state index contributed by atoms with van der Waals surface area (Å²) in [6.07, 6.45) is 3.37. The van der Waals surface area contributed by atoms with Gasteiger partial charge in [0.15, 0.2) is 0 Å². The van der Waals surface area contributed by atoms with Crippen LogP contribution >= 0.6 is 11.3 Å².